The number of nitrogens with one attached hydrogen (secondary N) is 1. The second-order valence-electron chi connectivity index (χ2n) is 6.05. The summed E-state index contributed by atoms with van der Waals surface area (Å²) >= 11 is 0. The van der Waals surface area contributed by atoms with Gasteiger partial charge in [0, 0.05) is 11.7 Å². The smallest absolute Gasteiger partial charge is 0.115 e. The molecule has 0 heterocycles. The predicted molar refractivity (Wildman–Crippen MR) is 76.9 cm³/mol. The molecule has 0 radical (unpaired) electrons. The highest BCUT2D eigenvalue weighted by Crippen LogP contribution is 2.31. The average Bonchev–Trinajstić information content (AvgIpc) is 2.32. The maximum atomic E-state index is 9.28. The van der Waals surface area contributed by atoms with Crippen LogP contribution in [0.25, 0.3) is 0 Å². The largest absolute Gasteiger partial charge is 0.508 e. The lowest BCUT2D eigenvalue weighted by Crippen LogP contribution is -2.27. The van der Waals surface area contributed by atoms with Crippen LogP contribution in [0.4, 0.5) is 5.69 Å². The normalized spacial score (nSPS) is 24.2. The minimum absolute atomic E-state index is 0.335. The Balaban J connectivity index is 1.87. The zero-order valence-corrected chi connectivity index (χ0v) is 11.5. The van der Waals surface area contributed by atoms with E-state index in [4.69, 9.17) is 0 Å². The van der Waals surface area contributed by atoms with Crippen LogP contribution in [0.5, 0.6) is 5.75 Å². The summed E-state index contributed by atoms with van der Waals surface area (Å²) in [6.45, 7) is 4.63. The van der Waals surface area contributed by atoms with Crippen LogP contribution < -0.4 is 5.32 Å². The van der Waals surface area contributed by atoms with Crippen LogP contribution in [0.2, 0.25) is 0 Å². The van der Waals surface area contributed by atoms with Crippen molar-refractivity contribution in [3.63, 3.8) is 0 Å². The minimum atomic E-state index is 0.335. The second-order valence-corrected chi connectivity index (χ2v) is 6.05. The SMILES string of the molecule is CC(C)CC1CCCC(Nc2ccc(O)cc2)C1. The summed E-state index contributed by atoms with van der Waals surface area (Å²) in [6, 6.07) is 8.02. The Morgan fingerprint density at radius 2 is 1.94 bits per heavy atom. The molecule has 0 saturated heterocycles. The molecule has 1 aromatic rings. The molecule has 2 nitrogen and oxygen atoms in total. The lowest BCUT2D eigenvalue weighted by atomic mass is 9.81. The second kappa shape index (κ2) is 6.12. The number of phenols is 1. The summed E-state index contributed by atoms with van der Waals surface area (Å²) < 4.78 is 0. The third-order valence-electron chi connectivity index (χ3n) is 3.83. The topological polar surface area (TPSA) is 32.3 Å². The van der Waals surface area contributed by atoms with E-state index in [-0.39, 0.29) is 0 Å². The molecule has 2 heteroatoms. The van der Waals surface area contributed by atoms with E-state index in [0.717, 1.165) is 17.5 Å². The molecular formula is C16H25NO. The van der Waals surface area contributed by atoms with E-state index >= 15 is 0 Å². The Labute approximate surface area is 110 Å². The fraction of sp³-hybridized carbons (Fsp3) is 0.625. The number of phenolic OH excluding ortho intramolecular Hbond substituents is 1. The molecule has 2 unspecified atom stereocenters. The van der Waals surface area contributed by atoms with E-state index in [2.05, 4.69) is 19.2 Å². The third-order valence-corrected chi connectivity index (χ3v) is 3.83. The standard InChI is InChI=1S/C16H25NO/c1-12(2)10-13-4-3-5-15(11-13)17-14-6-8-16(18)9-7-14/h6-9,12-13,15,17-18H,3-5,10-11H2,1-2H3. The van der Waals surface area contributed by atoms with Gasteiger partial charge in [0.2, 0.25) is 0 Å². The number of benzene rings is 1. The van der Waals surface area contributed by atoms with Gasteiger partial charge in [-0.2, -0.15) is 0 Å². The lowest BCUT2D eigenvalue weighted by Gasteiger charge is -2.31. The van der Waals surface area contributed by atoms with Crippen LogP contribution in [-0.4, -0.2) is 11.1 Å². The Hall–Kier alpha value is -1.18. The van der Waals surface area contributed by atoms with Gasteiger partial charge in [0.15, 0.2) is 0 Å². The first-order valence-corrected chi connectivity index (χ1v) is 7.19. The van der Waals surface area contributed by atoms with E-state index in [9.17, 15) is 5.11 Å². The van der Waals surface area contributed by atoms with Crippen molar-refractivity contribution in [3.8, 4) is 5.75 Å². The summed E-state index contributed by atoms with van der Waals surface area (Å²) in [4.78, 5) is 0. The molecule has 1 fully saturated rings. The summed E-state index contributed by atoms with van der Waals surface area (Å²) in [5, 5.41) is 12.9. The molecule has 2 rings (SSSR count). The van der Waals surface area contributed by atoms with E-state index in [0.29, 0.717) is 11.8 Å². The van der Waals surface area contributed by atoms with Crippen molar-refractivity contribution < 1.29 is 5.11 Å². The van der Waals surface area contributed by atoms with Crippen LogP contribution in [-0.2, 0) is 0 Å². The van der Waals surface area contributed by atoms with Crippen LogP contribution in [0.3, 0.4) is 0 Å². The van der Waals surface area contributed by atoms with Crippen molar-refractivity contribution in [1.29, 1.82) is 0 Å². The van der Waals surface area contributed by atoms with Gasteiger partial charge in [0.1, 0.15) is 5.75 Å². The van der Waals surface area contributed by atoms with Crippen LogP contribution >= 0.6 is 0 Å². The van der Waals surface area contributed by atoms with Crippen molar-refractivity contribution in [3.05, 3.63) is 24.3 Å². The molecule has 2 N–H and O–H groups in total. The highest BCUT2D eigenvalue weighted by molar-refractivity contribution is 5.46. The maximum absolute atomic E-state index is 9.28. The number of hydrogen-bond acceptors (Lipinski definition) is 2. The summed E-state index contributed by atoms with van der Waals surface area (Å²) in [6.07, 6.45) is 6.65. The third kappa shape index (κ3) is 3.94. The van der Waals surface area contributed by atoms with Gasteiger partial charge in [-0.25, -0.2) is 0 Å². The molecule has 0 spiro atoms. The molecule has 0 amide bonds. The van der Waals surface area contributed by atoms with Crippen molar-refractivity contribution in [2.24, 2.45) is 11.8 Å². The zero-order chi connectivity index (χ0) is 13.0. The minimum Gasteiger partial charge on any atom is -0.508 e. The first kappa shape index (κ1) is 13.3. The van der Waals surface area contributed by atoms with Crippen molar-refractivity contribution in [2.45, 2.75) is 52.0 Å². The molecule has 1 aliphatic carbocycles. The highest BCUT2D eigenvalue weighted by atomic mass is 16.3. The number of hydrogen-bond donors (Lipinski definition) is 2. The van der Waals surface area contributed by atoms with Gasteiger partial charge in [-0.15, -0.1) is 0 Å². The number of anilines is 1. The molecular weight excluding hydrogens is 222 g/mol. The van der Waals surface area contributed by atoms with Gasteiger partial charge in [-0.05, 0) is 55.4 Å². The van der Waals surface area contributed by atoms with Gasteiger partial charge < -0.3 is 10.4 Å². The quantitative estimate of drug-likeness (QED) is 0.772. The van der Waals surface area contributed by atoms with Crippen molar-refractivity contribution in [2.75, 3.05) is 5.32 Å². The van der Waals surface area contributed by atoms with Crippen LogP contribution in [0.15, 0.2) is 24.3 Å². The van der Waals surface area contributed by atoms with E-state index < -0.39 is 0 Å². The average molecular weight is 247 g/mol. The predicted octanol–water partition coefficient (Wildman–Crippen LogP) is 4.41. The Morgan fingerprint density at radius 3 is 2.61 bits per heavy atom. The maximum Gasteiger partial charge on any atom is 0.115 e. The monoisotopic (exact) mass is 247 g/mol. The molecule has 18 heavy (non-hydrogen) atoms. The fourth-order valence-corrected chi connectivity index (χ4v) is 3.10. The summed E-state index contributed by atoms with van der Waals surface area (Å²) in [5.74, 6) is 2.03. The fourth-order valence-electron chi connectivity index (χ4n) is 3.10. The molecule has 1 saturated carbocycles. The molecule has 0 bridgehead atoms. The zero-order valence-electron chi connectivity index (χ0n) is 11.5. The lowest BCUT2D eigenvalue weighted by molar-refractivity contribution is 0.289. The number of aromatic hydroxyl groups is 1. The van der Waals surface area contributed by atoms with Gasteiger partial charge in [0.25, 0.3) is 0 Å². The van der Waals surface area contributed by atoms with Crippen molar-refractivity contribution in [1.82, 2.24) is 0 Å². The number of rotatable bonds is 4. The summed E-state index contributed by atoms with van der Waals surface area (Å²) in [5.41, 5.74) is 1.13. The van der Waals surface area contributed by atoms with Crippen molar-refractivity contribution >= 4 is 5.69 Å². The van der Waals surface area contributed by atoms with Gasteiger partial charge >= 0.3 is 0 Å². The molecule has 0 aromatic heterocycles. The molecule has 0 aliphatic heterocycles. The van der Waals surface area contributed by atoms with Crippen LogP contribution in [0.1, 0.15) is 46.0 Å². The Bertz CT molecular complexity index is 358. The van der Waals surface area contributed by atoms with E-state index in [1.165, 1.54) is 32.1 Å². The first-order valence-electron chi connectivity index (χ1n) is 7.19. The highest BCUT2D eigenvalue weighted by Gasteiger charge is 2.22. The van der Waals surface area contributed by atoms with E-state index in [1.54, 1.807) is 12.1 Å². The first-order chi connectivity index (χ1) is 8.63. The van der Waals surface area contributed by atoms with E-state index in [1.807, 2.05) is 12.1 Å². The molecule has 100 valence electrons. The molecule has 2 atom stereocenters. The molecule has 1 aromatic carbocycles. The van der Waals surface area contributed by atoms with Gasteiger partial charge in [-0.3, -0.25) is 0 Å². The van der Waals surface area contributed by atoms with Gasteiger partial charge in [0.05, 0.1) is 0 Å². The Kier molecular flexibility index (Phi) is 4.51. The summed E-state index contributed by atoms with van der Waals surface area (Å²) in [7, 11) is 0. The Morgan fingerprint density at radius 1 is 1.22 bits per heavy atom. The molecule has 1 aliphatic rings. The van der Waals surface area contributed by atoms with Crippen LogP contribution in [0, 0.1) is 11.8 Å². The van der Waals surface area contributed by atoms with Gasteiger partial charge in [-0.1, -0.05) is 26.7 Å².